The number of benzodiazepines with no additional fused rings is 1. The zero-order chi connectivity index (χ0) is 22.6. The third kappa shape index (κ3) is 5.59. The summed E-state index contributed by atoms with van der Waals surface area (Å²) in [5, 5.41) is 5.08. The highest BCUT2D eigenvalue weighted by Crippen LogP contribution is 2.33. The Morgan fingerprint density at radius 1 is 0.971 bits per heavy atom. The van der Waals surface area contributed by atoms with E-state index in [2.05, 4.69) is 95.5 Å². The average Bonchev–Trinajstić information content (AvgIpc) is 3.33. The van der Waals surface area contributed by atoms with Crippen molar-refractivity contribution in [2.24, 2.45) is 4.99 Å². The molecule has 2 heterocycles. The summed E-state index contributed by atoms with van der Waals surface area (Å²) in [6.45, 7) is 1.68. The van der Waals surface area contributed by atoms with E-state index in [1.165, 1.54) is 37.7 Å². The number of hydrogen-bond donors (Lipinski definition) is 0. The number of fused-ring (bicyclic) bond motifs is 1. The van der Waals surface area contributed by atoms with Gasteiger partial charge in [-0.15, -0.1) is 12.4 Å². The molecule has 1 aliphatic heterocycles. The summed E-state index contributed by atoms with van der Waals surface area (Å²) in [5.74, 6) is 0. The molecule has 5 rings (SSSR count). The normalized spacial score (nSPS) is 13.2. The minimum atomic E-state index is 0. The highest BCUT2D eigenvalue weighted by Gasteiger charge is 2.16. The van der Waals surface area contributed by atoms with E-state index in [1.807, 2.05) is 12.1 Å². The Morgan fingerprint density at radius 3 is 2.59 bits per heavy atom. The number of thiophene rings is 1. The fourth-order valence-electron chi connectivity index (χ4n) is 3.85. The predicted octanol–water partition coefficient (Wildman–Crippen LogP) is 8.59. The molecule has 0 saturated carbocycles. The molecule has 34 heavy (non-hydrogen) atoms. The van der Waals surface area contributed by atoms with Crippen molar-refractivity contribution in [1.82, 2.24) is 0 Å². The average molecular weight is 524 g/mol. The number of halogens is 2. The van der Waals surface area contributed by atoms with Crippen LogP contribution in [0.5, 0.6) is 0 Å². The predicted molar refractivity (Wildman–Crippen MR) is 153 cm³/mol. The number of nitrogens with zero attached hydrogens (tertiary/aromatic N) is 2. The standard InChI is InChI=1S/C28H23ClN2S2.ClH/c1-31-16-15-30-26(25-12-6-21(18-27(25)31)22-14-17-32-19-22)13-7-20-4-2-3-5-28(20)33-24-10-8-23(29)9-11-24;/h2-14,17-19H,15-16H2,1H3;1H/b13-7+;. The number of hydrogen-bond acceptors (Lipinski definition) is 4. The van der Waals surface area contributed by atoms with Gasteiger partial charge in [0.15, 0.2) is 0 Å². The fourth-order valence-corrected chi connectivity index (χ4v) is 5.57. The molecule has 0 N–H and O–H groups in total. The number of likely N-dealkylation sites (N-methyl/N-ethyl adjacent to an activating group) is 1. The van der Waals surface area contributed by atoms with Crippen LogP contribution < -0.4 is 4.90 Å². The second-order valence-corrected chi connectivity index (χ2v) is 10.2. The maximum absolute atomic E-state index is 6.05. The van der Waals surface area contributed by atoms with Crippen molar-refractivity contribution in [1.29, 1.82) is 0 Å². The van der Waals surface area contributed by atoms with Gasteiger partial charge < -0.3 is 4.90 Å². The lowest BCUT2D eigenvalue weighted by molar-refractivity contribution is 0.897. The zero-order valence-corrected chi connectivity index (χ0v) is 21.9. The van der Waals surface area contributed by atoms with Crippen molar-refractivity contribution in [3.63, 3.8) is 0 Å². The molecule has 1 aliphatic rings. The Balaban J connectivity index is 0.00000274. The molecule has 0 aliphatic carbocycles. The van der Waals surface area contributed by atoms with Crippen LogP contribution >= 0.6 is 47.1 Å². The topological polar surface area (TPSA) is 15.6 Å². The van der Waals surface area contributed by atoms with Gasteiger partial charge in [0.25, 0.3) is 0 Å². The summed E-state index contributed by atoms with van der Waals surface area (Å²) in [4.78, 5) is 9.59. The Bertz CT molecular complexity index is 1310. The monoisotopic (exact) mass is 522 g/mol. The maximum atomic E-state index is 6.05. The molecule has 3 aromatic carbocycles. The van der Waals surface area contributed by atoms with Crippen LogP contribution in [0, 0.1) is 0 Å². The van der Waals surface area contributed by atoms with Gasteiger partial charge in [-0.05, 0) is 76.0 Å². The van der Waals surface area contributed by atoms with Gasteiger partial charge in [-0.25, -0.2) is 0 Å². The first-order chi connectivity index (χ1) is 16.2. The minimum absolute atomic E-state index is 0. The number of allylic oxidation sites excluding steroid dienone is 1. The second kappa shape index (κ2) is 11.3. The van der Waals surface area contributed by atoms with Gasteiger partial charge in [0.1, 0.15) is 0 Å². The van der Waals surface area contributed by atoms with Crippen LogP contribution in [0.4, 0.5) is 5.69 Å². The first-order valence-electron chi connectivity index (χ1n) is 10.8. The summed E-state index contributed by atoms with van der Waals surface area (Å²) in [6.07, 6.45) is 4.34. The summed E-state index contributed by atoms with van der Waals surface area (Å²) in [5.41, 5.74) is 7.11. The van der Waals surface area contributed by atoms with Crippen LogP contribution in [0.25, 0.3) is 17.2 Å². The summed E-state index contributed by atoms with van der Waals surface area (Å²) < 4.78 is 0. The van der Waals surface area contributed by atoms with Crippen LogP contribution in [-0.2, 0) is 0 Å². The lowest BCUT2D eigenvalue weighted by atomic mass is 10.0. The molecule has 4 aromatic rings. The molecule has 0 atom stereocenters. The van der Waals surface area contributed by atoms with E-state index in [4.69, 9.17) is 16.6 Å². The summed E-state index contributed by atoms with van der Waals surface area (Å²) in [7, 11) is 2.15. The van der Waals surface area contributed by atoms with Gasteiger partial charge >= 0.3 is 0 Å². The third-order valence-electron chi connectivity index (χ3n) is 5.64. The van der Waals surface area contributed by atoms with E-state index >= 15 is 0 Å². The molecule has 1 aromatic heterocycles. The van der Waals surface area contributed by atoms with Gasteiger partial charge in [0.2, 0.25) is 0 Å². The summed E-state index contributed by atoms with van der Waals surface area (Å²) in [6, 6.07) is 25.3. The van der Waals surface area contributed by atoms with Gasteiger partial charge in [-0.3, -0.25) is 4.99 Å². The molecule has 0 spiro atoms. The molecule has 172 valence electrons. The fraction of sp³-hybridized carbons (Fsp3) is 0.107. The molecular formula is C28H24Cl2N2S2. The molecule has 0 fully saturated rings. The Kier molecular flexibility index (Phi) is 8.17. The van der Waals surface area contributed by atoms with Crippen LogP contribution in [0.1, 0.15) is 11.1 Å². The van der Waals surface area contributed by atoms with E-state index in [0.29, 0.717) is 0 Å². The van der Waals surface area contributed by atoms with Crippen molar-refractivity contribution in [3.05, 3.63) is 106 Å². The largest absolute Gasteiger partial charge is 0.372 e. The minimum Gasteiger partial charge on any atom is -0.372 e. The second-order valence-electron chi connectivity index (χ2n) is 7.86. The van der Waals surface area contributed by atoms with E-state index in [0.717, 1.165) is 23.8 Å². The quantitative estimate of drug-likeness (QED) is 0.260. The molecule has 0 amide bonds. The van der Waals surface area contributed by atoms with Crippen LogP contribution in [0.15, 0.2) is 104 Å². The molecule has 0 unspecified atom stereocenters. The lowest BCUT2D eigenvalue weighted by Crippen LogP contribution is -2.20. The number of anilines is 1. The van der Waals surface area contributed by atoms with Crippen molar-refractivity contribution < 1.29 is 0 Å². The molecule has 0 bridgehead atoms. The highest BCUT2D eigenvalue weighted by molar-refractivity contribution is 7.99. The van der Waals surface area contributed by atoms with Crippen molar-refractivity contribution in [3.8, 4) is 11.1 Å². The van der Waals surface area contributed by atoms with Crippen molar-refractivity contribution in [2.75, 3.05) is 25.0 Å². The lowest BCUT2D eigenvalue weighted by Gasteiger charge is -2.20. The first kappa shape index (κ1) is 24.6. The highest BCUT2D eigenvalue weighted by atomic mass is 35.5. The van der Waals surface area contributed by atoms with Gasteiger partial charge in [-0.1, -0.05) is 59.8 Å². The number of benzene rings is 3. The van der Waals surface area contributed by atoms with E-state index in [9.17, 15) is 0 Å². The van der Waals surface area contributed by atoms with Gasteiger partial charge in [0, 0.05) is 39.7 Å². The molecule has 2 nitrogen and oxygen atoms in total. The molecular weight excluding hydrogens is 499 g/mol. The third-order valence-corrected chi connectivity index (χ3v) is 7.67. The van der Waals surface area contributed by atoms with Crippen molar-refractivity contribution in [2.45, 2.75) is 9.79 Å². The van der Waals surface area contributed by atoms with Crippen LogP contribution in [0.3, 0.4) is 0 Å². The Morgan fingerprint density at radius 2 is 1.79 bits per heavy atom. The van der Waals surface area contributed by atoms with Crippen LogP contribution in [0.2, 0.25) is 5.02 Å². The SMILES string of the molecule is CN1CCN=C(/C=C/c2ccccc2Sc2ccc(Cl)cc2)c2ccc(-c3ccsc3)cc21.Cl. The Hall–Kier alpha value is -2.50. The smallest absolute Gasteiger partial charge is 0.0668 e. The van der Waals surface area contributed by atoms with E-state index in [1.54, 1.807) is 23.1 Å². The maximum Gasteiger partial charge on any atom is 0.0668 e. The number of rotatable bonds is 5. The first-order valence-corrected chi connectivity index (χ1v) is 12.9. The van der Waals surface area contributed by atoms with E-state index in [-0.39, 0.29) is 12.4 Å². The van der Waals surface area contributed by atoms with Crippen LogP contribution in [-0.4, -0.2) is 25.8 Å². The van der Waals surface area contributed by atoms with Gasteiger partial charge in [-0.2, -0.15) is 11.3 Å². The van der Waals surface area contributed by atoms with E-state index < -0.39 is 0 Å². The summed E-state index contributed by atoms with van der Waals surface area (Å²) >= 11 is 9.52. The molecule has 0 saturated heterocycles. The molecule has 6 heteroatoms. The number of aliphatic imine (C=N–C) groups is 1. The van der Waals surface area contributed by atoms with Gasteiger partial charge in [0.05, 0.1) is 12.3 Å². The zero-order valence-electron chi connectivity index (χ0n) is 18.6. The Labute approximate surface area is 220 Å². The molecule has 0 radical (unpaired) electrons. The van der Waals surface area contributed by atoms with Crippen molar-refractivity contribution >= 4 is 64.6 Å².